The fraction of sp³-hybridized carbons (Fsp3) is 0.190. The maximum absolute atomic E-state index is 14.8. The van der Waals surface area contributed by atoms with Gasteiger partial charge in [0.1, 0.15) is 5.82 Å². The number of nitrogens with zero attached hydrogens (tertiary/aromatic N) is 7. The molecule has 0 aliphatic heterocycles. The van der Waals surface area contributed by atoms with Crippen molar-refractivity contribution in [3.63, 3.8) is 0 Å². The largest absolute Gasteiger partial charge is 0.394 e. The highest BCUT2D eigenvalue weighted by Gasteiger charge is 2.18. The minimum Gasteiger partial charge on any atom is -0.394 e. The molecule has 5 rings (SSSR count). The summed E-state index contributed by atoms with van der Waals surface area (Å²) in [6.07, 6.45) is 8.38. The number of aliphatic hydroxyl groups excluding tert-OH is 1. The summed E-state index contributed by atoms with van der Waals surface area (Å²) in [5.74, 6) is -0.329. The number of fused-ring (bicyclic) bond motifs is 2. The van der Waals surface area contributed by atoms with Crippen LogP contribution in [-0.2, 0) is 6.54 Å². The molecule has 0 radical (unpaired) electrons. The minimum absolute atomic E-state index is 0.00294. The van der Waals surface area contributed by atoms with E-state index in [1.165, 1.54) is 6.07 Å². The van der Waals surface area contributed by atoms with Gasteiger partial charge in [0.2, 0.25) is 0 Å². The van der Waals surface area contributed by atoms with Crippen molar-refractivity contribution in [1.82, 2.24) is 34.3 Å². The number of halogens is 1. The molecule has 1 atom stereocenters. The van der Waals surface area contributed by atoms with Gasteiger partial charge in [-0.2, -0.15) is 5.10 Å². The van der Waals surface area contributed by atoms with E-state index in [-0.39, 0.29) is 18.5 Å². The molecule has 0 saturated carbocycles. The Labute approximate surface area is 170 Å². The van der Waals surface area contributed by atoms with E-state index in [0.717, 1.165) is 10.9 Å². The van der Waals surface area contributed by atoms with Crippen LogP contribution < -0.4 is 0 Å². The van der Waals surface area contributed by atoms with Crippen molar-refractivity contribution in [2.24, 2.45) is 0 Å². The molecule has 1 unspecified atom stereocenters. The van der Waals surface area contributed by atoms with Gasteiger partial charge in [-0.1, -0.05) is 6.07 Å². The van der Waals surface area contributed by atoms with Crippen LogP contribution in [-0.4, -0.2) is 46.0 Å². The maximum atomic E-state index is 14.8. The average molecular weight is 403 g/mol. The van der Waals surface area contributed by atoms with Crippen LogP contribution in [0.2, 0.25) is 0 Å². The van der Waals surface area contributed by atoms with Crippen molar-refractivity contribution in [2.75, 3.05) is 6.61 Å². The maximum Gasteiger partial charge on any atom is 0.197 e. The van der Waals surface area contributed by atoms with Crippen molar-refractivity contribution < 1.29 is 9.50 Å². The van der Waals surface area contributed by atoms with Crippen LogP contribution in [0.15, 0.2) is 55.4 Å². The lowest BCUT2D eigenvalue weighted by Gasteiger charge is -2.16. The highest BCUT2D eigenvalue weighted by atomic mass is 19.1. The first-order valence-electron chi connectivity index (χ1n) is 9.51. The molecule has 9 heteroatoms. The van der Waals surface area contributed by atoms with Crippen molar-refractivity contribution in [3.8, 4) is 11.3 Å². The summed E-state index contributed by atoms with van der Waals surface area (Å²) in [5, 5.41) is 14.1. The zero-order chi connectivity index (χ0) is 20.7. The molecule has 0 aliphatic carbocycles. The Hall–Kier alpha value is -3.72. The van der Waals surface area contributed by atoms with Crippen LogP contribution >= 0.6 is 0 Å². The van der Waals surface area contributed by atoms with E-state index in [0.29, 0.717) is 34.6 Å². The zero-order valence-electron chi connectivity index (χ0n) is 16.1. The second-order valence-corrected chi connectivity index (χ2v) is 7.02. The van der Waals surface area contributed by atoms with Crippen LogP contribution in [0.3, 0.4) is 0 Å². The van der Waals surface area contributed by atoms with E-state index < -0.39 is 0 Å². The highest BCUT2D eigenvalue weighted by Crippen LogP contribution is 2.28. The van der Waals surface area contributed by atoms with Crippen molar-refractivity contribution in [3.05, 3.63) is 66.8 Å². The lowest BCUT2D eigenvalue weighted by atomic mass is 10.0. The van der Waals surface area contributed by atoms with Crippen LogP contribution in [0.4, 0.5) is 4.39 Å². The summed E-state index contributed by atoms with van der Waals surface area (Å²) in [5.41, 5.74) is 3.59. The number of aromatic nitrogens is 7. The number of imidazole rings is 1. The molecular formula is C21H18FN7O. The molecule has 4 heterocycles. The van der Waals surface area contributed by atoms with Gasteiger partial charge in [0.25, 0.3) is 0 Å². The van der Waals surface area contributed by atoms with Crippen LogP contribution in [0.25, 0.3) is 33.5 Å². The third-order valence-corrected chi connectivity index (χ3v) is 5.13. The van der Waals surface area contributed by atoms with Gasteiger partial charge in [-0.25, -0.2) is 19.3 Å². The van der Waals surface area contributed by atoms with Crippen LogP contribution in [0.1, 0.15) is 18.5 Å². The van der Waals surface area contributed by atoms with Crippen LogP contribution in [0.5, 0.6) is 0 Å². The number of rotatable bonds is 5. The van der Waals surface area contributed by atoms with E-state index >= 15 is 0 Å². The third kappa shape index (κ3) is 3.09. The fourth-order valence-corrected chi connectivity index (χ4v) is 3.53. The first-order valence-corrected chi connectivity index (χ1v) is 9.51. The molecule has 5 aromatic rings. The Balaban J connectivity index is 1.58. The minimum atomic E-state index is -0.346. The highest BCUT2D eigenvalue weighted by molar-refractivity contribution is 5.79. The molecular weight excluding hydrogens is 385 g/mol. The monoisotopic (exact) mass is 403 g/mol. The molecule has 4 aromatic heterocycles. The lowest BCUT2D eigenvalue weighted by Crippen LogP contribution is -2.09. The molecule has 8 nitrogen and oxygen atoms in total. The number of hydrogen-bond acceptors (Lipinski definition) is 6. The molecule has 0 aliphatic rings. The number of benzene rings is 1. The van der Waals surface area contributed by atoms with Gasteiger partial charge in [-0.15, -0.1) is 0 Å². The summed E-state index contributed by atoms with van der Waals surface area (Å²) >= 11 is 0. The molecule has 0 fully saturated rings. The van der Waals surface area contributed by atoms with Gasteiger partial charge in [0.15, 0.2) is 11.3 Å². The molecule has 0 spiro atoms. The summed E-state index contributed by atoms with van der Waals surface area (Å²) in [4.78, 5) is 17.6. The van der Waals surface area contributed by atoms with E-state index in [2.05, 4.69) is 20.1 Å². The second kappa shape index (κ2) is 7.27. The molecule has 30 heavy (non-hydrogen) atoms. The SMILES string of the molecule is CC(c1cc2cccnc2cc1F)n1cnc2ncc(-c3cnn(CCO)c3)nc21. The number of aliphatic hydroxyl groups is 1. The first kappa shape index (κ1) is 18.3. The smallest absolute Gasteiger partial charge is 0.197 e. The Kier molecular flexibility index (Phi) is 4.44. The normalized spacial score (nSPS) is 12.6. The van der Waals surface area contributed by atoms with Crippen LogP contribution in [0, 0.1) is 5.82 Å². The standard InChI is InChI=1S/C21H18FN7O/c1-13(16-7-14-3-2-4-23-18(14)8-17(16)22)29-12-25-20-21(29)27-19(10-24-20)15-9-26-28(11-15)5-6-30/h2-4,7-13,30H,5-6H2,1H3. The molecule has 0 saturated heterocycles. The van der Waals surface area contributed by atoms with E-state index in [9.17, 15) is 4.39 Å². The molecule has 1 aromatic carbocycles. The zero-order valence-corrected chi connectivity index (χ0v) is 16.1. The average Bonchev–Trinajstić information content (AvgIpc) is 3.39. The summed E-state index contributed by atoms with van der Waals surface area (Å²) in [6, 6.07) is 6.65. The summed E-state index contributed by atoms with van der Waals surface area (Å²) in [7, 11) is 0. The van der Waals surface area contributed by atoms with E-state index in [4.69, 9.17) is 10.1 Å². The van der Waals surface area contributed by atoms with Crippen molar-refractivity contribution in [1.29, 1.82) is 0 Å². The predicted molar refractivity (Wildman–Crippen MR) is 109 cm³/mol. The summed E-state index contributed by atoms with van der Waals surface area (Å²) < 4.78 is 18.3. The molecule has 0 bridgehead atoms. The Bertz CT molecular complexity index is 1360. The van der Waals surface area contributed by atoms with Gasteiger partial charge in [-0.3, -0.25) is 9.67 Å². The van der Waals surface area contributed by atoms with Gasteiger partial charge in [-0.05, 0) is 19.1 Å². The van der Waals surface area contributed by atoms with E-state index in [1.807, 2.05) is 29.7 Å². The van der Waals surface area contributed by atoms with Gasteiger partial charge in [0, 0.05) is 35.0 Å². The van der Waals surface area contributed by atoms with Crippen molar-refractivity contribution >= 4 is 22.2 Å². The number of pyridine rings is 1. The summed E-state index contributed by atoms with van der Waals surface area (Å²) in [6.45, 7) is 2.30. The predicted octanol–water partition coefficient (Wildman–Crippen LogP) is 2.98. The topological polar surface area (TPSA) is 94.5 Å². The Morgan fingerprint density at radius 1 is 1.17 bits per heavy atom. The third-order valence-electron chi connectivity index (χ3n) is 5.13. The van der Waals surface area contributed by atoms with Gasteiger partial charge >= 0.3 is 0 Å². The second-order valence-electron chi connectivity index (χ2n) is 7.02. The van der Waals surface area contributed by atoms with Gasteiger partial charge < -0.3 is 9.67 Å². The van der Waals surface area contributed by atoms with Gasteiger partial charge in [0.05, 0.1) is 49.1 Å². The lowest BCUT2D eigenvalue weighted by molar-refractivity contribution is 0.269. The Morgan fingerprint density at radius 3 is 2.93 bits per heavy atom. The van der Waals surface area contributed by atoms with Crippen molar-refractivity contribution in [2.45, 2.75) is 19.5 Å². The molecule has 1 N–H and O–H groups in total. The first-order chi connectivity index (χ1) is 14.6. The number of hydrogen-bond donors (Lipinski definition) is 1. The van der Waals surface area contributed by atoms with E-state index in [1.54, 1.807) is 35.8 Å². The molecule has 150 valence electrons. The Morgan fingerprint density at radius 2 is 2.07 bits per heavy atom. The molecule has 0 amide bonds. The fourth-order valence-electron chi connectivity index (χ4n) is 3.53. The quantitative estimate of drug-likeness (QED) is 0.485.